The van der Waals surface area contributed by atoms with E-state index in [1.54, 1.807) is 91.9 Å². The van der Waals surface area contributed by atoms with Crippen LogP contribution in [0.1, 0.15) is 35.9 Å². The number of carbonyl (C=O) groups is 1. The number of rotatable bonds is 8. The highest BCUT2D eigenvalue weighted by atomic mass is 32.2. The zero-order valence-electron chi connectivity index (χ0n) is 21.2. The van der Waals surface area contributed by atoms with Crippen LogP contribution in [0, 0.1) is 0 Å². The van der Waals surface area contributed by atoms with Crippen molar-refractivity contribution in [1.29, 1.82) is 0 Å². The maximum absolute atomic E-state index is 11.9. The van der Waals surface area contributed by atoms with Crippen LogP contribution in [0.5, 0.6) is 11.5 Å². The Balaban J connectivity index is 0.000000251. The molecule has 0 fully saturated rings. The van der Waals surface area contributed by atoms with Gasteiger partial charge in [0.1, 0.15) is 11.5 Å². The van der Waals surface area contributed by atoms with E-state index in [-0.39, 0.29) is 5.78 Å². The van der Waals surface area contributed by atoms with E-state index in [0.717, 1.165) is 12.7 Å². The van der Waals surface area contributed by atoms with Gasteiger partial charge in [0.15, 0.2) is 5.78 Å². The van der Waals surface area contributed by atoms with Gasteiger partial charge < -0.3 is 18.6 Å². The average molecular weight is 555 g/mol. The minimum Gasteiger partial charge on any atom is -0.400 e. The molecule has 3 unspecified atom stereocenters. The highest BCUT2D eigenvalue weighted by Crippen LogP contribution is 2.20. The molecule has 0 amide bonds. The number of carbonyl (C=O) groups excluding carboxylic acids is 1. The lowest BCUT2D eigenvalue weighted by atomic mass is 10.1. The number of aliphatic hydroxyl groups excluding tert-OH is 2. The maximum atomic E-state index is 11.9. The van der Waals surface area contributed by atoms with Gasteiger partial charge >= 0.3 is 0 Å². The Bertz CT molecular complexity index is 1290. The van der Waals surface area contributed by atoms with Crippen LogP contribution in [-0.2, 0) is 22.2 Å². The molecule has 200 valence electrons. The van der Waals surface area contributed by atoms with Crippen molar-refractivity contribution in [2.75, 3.05) is 7.11 Å². The molecule has 0 heterocycles. The van der Waals surface area contributed by atoms with E-state index in [1.165, 1.54) is 6.92 Å². The number of ketones is 1. The van der Waals surface area contributed by atoms with Crippen LogP contribution in [0.15, 0.2) is 119 Å². The molecule has 4 aromatic carbocycles. The van der Waals surface area contributed by atoms with Crippen LogP contribution in [-0.4, -0.2) is 31.5 Å². The highest BCUT2D eigenvalue weighted by Gasteiger charge is 2.08. The van der Waals surface area contributed by atoms with Crippen molar-refractivity contribution in [2.45, 2.75) is 29.7 Å². The summed E-state index contributed by atoms with van der Waals surface area (Å²) < 4.78 is 34.3. The Morgan fingerprint density at radius 1 is 0.658 bits per heavy atom. The normalized spacial score (nSPS) is 12.3. The van der Waals surface area contributed by atoms with Gasteiger partial charge in [-0.25, -0.2) is 8.42 Å². The predicted octanol–water partition coefficient (Wildman–Crippen LogP) is 5.44. The van der Waals surface area contributed by atoms with Crippen molar-refractivity contribution in [3.05, 3.63) is 120 Å². The lowest BCUT2D eigenvalue weighted by molar-refractivity contribution is 0.101. The van der Waals surface area contributed by atoms with E-state index < -0.39 is 28.3 Å². The number of Topliss-reactive ketones (excluding diaryl/α,β-unsaturated/α-hetero) is 1. The summed E-state index contributed by atoms with van der Waals surface area (Å²) in [7, 11) is 1.00. The second-order valence-electron chi connectivity index (χ2n) is 7.59. The molecule has 0 aliphatic rings. The SMILES string of the molecule is CC(=O)c1ccc(OS(=O)c2ccccc2)cc1.CC(O)c1ccc(OS(=O)c2ccccc2)cc1.CO. The van der Waals surface area contributed by atoms with Crippen LogP contribution in [0.4, 0.5) is 0 Å². The zero-order valence-corrected chi connectivity index (χ0v) is 22.9. The van der Waals surface area contributed by atoms with E-state index in [4.69, 9.17) is 13.5 Å². The predicted molar refractivity (Wildman–Crippen MR) is 149 cm³/mol. The van der Waals surface area contributed by atoms with Crippen molar-refractivity contribution in [1.82, 2.24) is 0 Å². The van der Waals surface area contributed by atoms with Crippen molar-refractivity contribution in [3.8, 4) is 11.5 Å². The fourth-order valence-corrected chi connectivity index (χ4v) is 4.40. The Morgan fingerprint density at radius 2 is 1.03 bits per heavy atom. The first-order valence-electron chi connectivity index (χ1n) is 11.5. The molecule has 0 radical (unpaired) electrons. The third-order valence-electron chi connectivity index (χ3n) is 4.84. The van der Waals surface area contributed by atoms with Gasteiger partial charge in [-0.2, -0.15) is 0 Å². The lowest BCUT2D eigenvalue weighted by Crippen LogP contribution is -2.01. The summed E-state index contributed by atoms with van der Waals surface area (Å²) in [5, 5.41) is 16.4. The molecule has 4 rings (SSSR count). The molecule has 7 nitrogen and oxygen atoms in total. The Hall–Kier alpha value is -3.63. The molecular formula is C29H30O7S2. The molecule has 0 saturated heterocycles. The number of aliphatic hydroxyl groups is 2. The van der Waals surface area contributed by atoms with Crippen LogP contribution < -0.4 is 8.37 Å². The summed E-state index contributed by atoms with van der Waals surface area (Å²) >= 11 is -3.05. The number of benzene rings is 4. The Morgan fingerprint density at radius 3 is 1.37 bits per heavy atom. The Labute approximate surface area is 228 Å². The minimum absolute atomic E-state index is 0.00858. The van der Waals surface area contributed by atoms with Gasteiger partial charge in [-0.15, -0.1) is 0 Å². The molecule has 0 aliphatic carbocycles. The van der Waals surface area contributed by atoms with E-state index in [1.807, 2.05) is 24.3 Å². The fraction of sp³-hybridized carbons (Fsp3) is 0.138. The minimum atomic E-state index is -1.54. The summed E-state index contributed by atoms with van der Waals surface area (Å²) in [5.74, 6) is 0.981. The lowest BCUT2D eigenvalue weighted by Gasteiger charge is -2.07. The van der Waals surface area contributed by atoms with E-state index in [9.17, 15) is 18.3 Å². The fourth-order valence-electron chi connectivity index (χ4n) is 2.88. The smallest absolute Gasteiger partial charge is 0.240 e. The molecule has 9 heteroatoms. The van der Waals surface area contributed by atoms with Crippen LogP contribution in [0.25, 0.3) is 0 Å². The first kappa shape index (κ1) is 30.6. The van der Waals surface area contributed by atoms with Crippen molar-refractivity contribution < 1.29 is 31.8 Å². The quantitative estimate of drug-likeness (QED) is 0.279. The van der Waals surface area contributed by atoms with Gasteiger partial charge in [-0.3, -0.25) is 4.79 Å². The standard InChI is InChI=1S/C14H14O3S.C14H12O3S.CH4O/c2*1-11(15)12-7-9-13(10-8-12)17-18(16)14-5-3-2-4-6-14;1-2/h2-11,15H,1H3;2-10H,1H3;2H,1H3. The summed E-state index contributed by atoms with van der Waals surface area (Å²) in [5.41, 5.74) is 1.40. The molecule has 0 spiro atoms. The zero-order chi connectivity index (χ0) is 27.9. The molecule has 0 aromatic heterocycles. The second-order valence-corrected chi connectivity index (χ2v) is 9.80. The first-order chi connectivity index (χ1) is 18.3. The van der Waals surface area contributed by atoms with Gasteiger partial charge in [0.2, 0.25) is 22.2 Å². The maximum Gasteiger partial charge on any atom is 0.240 e. The number of hydrogen-bond acceptors (Lipinski definition) is 7. The van der Waals surface area contributed by atoms with Gasteiger partial charge in [-0.1, -0.05) is 48.5 Å². The molecule has 2 N–H and O–H groups in total. The average Bonchev–Trinajstić information content (AvgIpc) is 2.96. The summed E-state index contributed by atoms with van der Waals surface area (Å²) in [6.45, 7) is 3.19. The van der Waals surface area contributed by atoms with Gasteiger partial charge in [0.25, 0.3) is 0 Å². The highest BCUT2D eigenvalue weighted by molar-refractivity contribution is 7.80. The summed E-state index contributed by atoms with van der Waals surface area (Å²) in [6, 6.07) is 31.4. The van der Waals surface area contributed by atoms with Crippen LogP contribution >= 0.6 is 0 Å². The molecule has 0 bridgehead atoms. The largest absolute Gasteiger partial charge is 0.400 e. The molecule has 0 saturated carbocycles. The topological polar surface area (TPSA) is 110 Å². The van der Waals surface area contributed by atoms with E-state index in [2.05, 4.69) is 0 Å². The number of hydrogen-bond donors (Lipinski definition) is 2. The van der Waals surface area contributed by atoms with Crippen molar-refractivity contribution in [3.63, 3.8) is 0 Å². The molecule has 4 aromatic rings. The molecular weight excluding hydrogens is 524 g/mol. The molecule has 0 aliphatic heterocycles. The van der Waals surface area contributed by atoms with E-state index in [0.29, 0.717) is 26.9 Å². The third-order valence-corrected chi connectivity index (χ3v) is 6.84. The summed E-state index contributed by atoms with van der Waals surface area (Å²) in [4.78, 5) is 12.3. The van der Waals surface area contributed by atoms with Crippen molar-refractivity contribution >= 4 is 27.9 Å². The van der Waals surface area contributed by atoms with Crippen LogP contribution in [0.2, 0.25) is 0 Å². The first-order valence-corrected chi connectivity index (χ1v) is 13.6. The van der Waals surface area contributed by atoms with Gasteiger partial charge in [0.05, 0.1) is 15.9 Å². The molecule has 3 atom stereocenters. The third kappa shape index (κ3) is 10.0. The monoisotopic (exact) mass is 554 g/mol. The Kier molecular flexibility index (Phi) is 13.1. The van der Waals surface area contributed by atoms with E-state index >= 15 is 0 Å². The van der Waals surface area contributed by atoms with Crippen LogP contribution in [0.3, 0.4) is 0 Å². The summed E-state index contributed by atoms with van der Waals surface area (Å²) in [6.07, 6.45) is -0.515. The second kappa shape index (κ2) is 16.3. The van der Waals surface area contributed by atoms with Crippen molar-refractivity contribution in [2.24, 2.45) is 0 Å². The van der Waals surface area contributed by atoms with Gasteiger partial charge in [-0.05, 0) is 80.1 Å². The van der Waals surface area contributed by atoms with Gasteiger partial charge in [0, 0.05) is 12.7 Å². The molecule has 38 heavy (non-hydrogen) atoms.